The van der Waals surface area contributed by atoms with Crippen LogP contribution in [0.4, 0.5) is 0 Å². The minimum Gasteiger partial charge on any atom is -0.316 e. The Morgan fingerprint density at radius 3 is 2.89 bits per heavy atom. The van der Waals surface area contributed by atoms with Crippen molar-refractivity contribution in [3.05, 3.63) is 34.3 Å². The van der Waals surface area contributed by atoms with Gasteiger partial charge in [-0.1, -0.05) is 28.1 Å². The summed E-state index contributed by atoms with van der Waals surface area (Å²) in [5.41, 5.74) is 1.42. The molecule has 3 rings (SSSR count). The molecule has 4 heteroatoms. The van der Waals surface area contributed by atoms with Crippen molar-refractivity contribution in [2.24, 2.45) is 11.8 Å². The van der Waals surface area contributed by atoms with Crippen LogP contribution in [0, 0.1) is 11.8 Å². The highest BCUT2D eigenvalue weighted by Gasteiger charge is 2.34. The van der Waals surface area contributed by atoms with E-state index in [1.165, 1.54) is 42.6 Å². The number of benzene rings is 1. The Labute approximate surface area is 130 Å². The van der Waals surface area contributed by atoms with Crippen molar-refractivity contribution in [3.8, 4) is 0 Å². The summed E-state index contributed by atoms with van der Waals surface area (Å²) < 4.78 is 1.18. The van der Waals surface area contributed by atoms with Crippen LogP contribution in [0.15, 0.2) is 28.7 Å². The first-order valence-electron chi connectivity index (χ1n) is 6.94. The van der Waals surface area contributed by atoms with Gasteiger partial charge in [-0.3, -0.25) is 4.90 Å². The van der Waals surface area contributed by atoms with E-state index in [4.69, 9.17) is 0 Å². The summed E-state index contributed by atoms with van der Waals surface area (Å²) in [4.78, 5) is 2.65. The zero-order valence-electron chi connectivity index (χ0n) is 11.3. The molecule has 19 heavy (non-hydrogen) atoms. The molecule has 1 aromatic carbocycles. The summed E-state index contributed by atoms with van der Waals surface area (Å²) in [7, 11) is 0. The highest BCUT2D eigenvalue weighted by atomic mass is 79.9. The van der Waals surface area contributed by atoms with E-state index in [0.29, 0.717) is 6.04 Å². The van der Waals surface area contributed by atoms with E-state index in [2.05, 4.69) is 57.3 Å². The summed E-state index contributed by atoms with van der Waals surface area (Å²) in [5.74, 6) is 1.80. The van der Waals surface area contributed by atoms with E-state index in [0.717, 1.165) is 11.8 Å². The van der Waals surface area contributed by atoms with Gasteiger partial charge in [0.15, 0.2) is 0 Å². The summed E-state index contributed by atoms with van der Waals surface area (Å²) in [5, 5.41) is 3.54. The molecule has 0 amide bonds. The van der Waals surface area contributed by atoms with Crippen LogP contribution in [0.5, 0.6) is 0 Å². The molecule has 2 fully saturated rings. The molecular formula is C15H22BrClN2. The maximum absolute atomic E-state index is 3.57. The van der Waals surface area contributed by atoms with Gasteiger partial charge in [-0.05, 0) is 62.5 Å². The van der Waals surface area contributed by atoms with Gasteiger partial charge in [0.25, 0.3) is 0 Å². The van der Waals surface area contributed by atoms with Gasteiger partial charge in [0.1, 0.15) is 0 Å². The van der Waals surface area contributed by atoms with E-state index < -0.39 is 0 Å². The Morgan fingerprint density at radius 1 is 1.32 bits per heavy atom. The number of hydrogen-bond acceptors (Lipinski definition) is 2. The number of halogens is 2. The highest BCUT2D eigenvalue weighted by molar-refractivity contribution is 9.10. The van der Waals surface area contributed by atoms with Crippen LogP contribution in [0.1, 0.15) is 24.9 Å². The maximum Gasteiger partial charge on any atom is 0.0320 e. The van der Waals surface area contributed by atoms with E-state index in [1.54, 1.807) is 0 Å². The van der Waals surface area contributed by atoms with Gasteiger partial charge in [-0.25, -0.2) is 0 Å². The molecule has 2 aliphatic heterocycles. The third-order valence-electron chi connectivity index (χ3n) is 4.61. The van der Waals surface area contributed by atoms with E-state index in [-0.39, 0.29) is 12.4 Å². The third-order valence-corrected chi connectivity index (χ3v) is 5.11. The first-order valence-corrected chi connectivity index (χ1v) is 7.73. The fourth-order valence-corrected chi connectivity index (χ4v) is 3.81. The normalized spacial score (nSPS) is 28.5. The van der Waals surface area contributed by atoms with Crippen LogP contribution in [0.3, 0.4) is 0 Å². The smallest absolute Gasteiger partial charge is 0.0320 e. The third kappa shape index (κ3) is 3.33. The lowest BCUT2D eigenvalue weighted by atomic mass is 9.87. The molecule has 0 aliphatic carbocycles. The van der Waals surface area contributed by atoms with Gasteiger partial charge >= 0.3 is 0 Å². The van der Waals surface area contributed by atoms with Crippen molar-refractivity contribution < 1.29 is 0 Å². The number of hydrogen-bond donors (Lipinski definition) is 1. The molecule has 0 bridgehead atoms. The molecule has 1 aromatic rings. The minimum atomic E-state index is 0. The van der Waals surface area contributed by atoms with Crippen LogP contribution in [0.2, 0.25) is 0 Å². The molecule has 2 saturated heterocycles. The summed E-state index contributed by atoms with van der Waals surface area (Å²) >= 11 is 3.57. The van der Waals surface area contributed by atoms with Crippen molar-refractivity contribution in [2.75, 3.05) is 26.2 Å². The topological polar surface area (TPSA) is 15.3 Å². The van der Waals surface area contributed by atoms with Gasteiger partial charge < -0.3 is 5.32 Å². The molecule has 2 heterocycles. The SMILES string of the molecule is CC(c1cccc(Br)c1)N1CCC2CNCC2C1.Cl. The summed E-state index contributed by atoms with van der Waals surface area (Å²) in [6, 6.07) is 9.27. The van der Waals surface area contributed by atoms with Crippen molar-refractivity contribution in [1.29, 1.82) is 0 Å². The fraction of sp³-hybridized carbons (Fsp3) is 0.600. The predicted molar refractivity (Wildman–Crippen MR) is 85.8 cm³/mol. The van der Waals surface area contributed by atoms with Gasteiger partial charge in [0.05, 0.1) is 0 Å². The molecular weight excluding hydrogens is 324 g/mol. The lowest BCUT2D eigenvalue weighted by Crippen LogP contribution is -2.41. The van der Waals surface area contributed by atoms with Crippen LogP contribution < -0.4 is 5.32 Å². The molecule has 0 aromatic heterocycles. The van der Waals surface area contributed by atoms with Gasteiger partial charge in [0, 0.05) is 17.1 Å². The zero-order chi connectivity index (χ0) is 12.5. The van der Waals surface area contributed by atoms with Crippen molar-refractivity contribution >= 4 is 28.3 Å². The maximum atomic E-state index is 3.57. The Bertz CT molecular complexity index is 426. The number of likely N-dealkylation sites (tertiary alicyclic amines) is 1. The standard InChI is InChI=1S/C15H21BrN2.ClH/c1-11(12-3-2-4-15(16)7-12)18-6-5-13-8-17-9-14(13)10-18;/h2-4,7,11,13-14,17H,5-6,8-10H2,1H3;1H. The molecule has 1 N–H and O–H groups in total. The number of piperidine rings is 1. The van der Waals surface area contributed by atoms with E-state index >= 15 is 0 Å². The lowest BCUT2D eigenvalue weighted by Gasteiger charge is -2.38. The highest BCUT2D eigenvalue weighted by Crippen LogP contribution is 2.32. The quantitative estimate of drug-likeness (QED) is 0.883. The van der Waals surface area contributed by atoms with Crippen molar-refractivity contribution in [1.82, 2.24) is 10.2 Å². The first kappa shape index (κ1) is 15.3. The van der Waals surface area contributed by atoms with E-state index in [9.17, 15) is 0 Å². The molecule has 2 nitrogen and oxygen atoms in total. The van der Waals surface area contributed by atoms with Gasteiger partial charge in [-0.15, -0.1) is 12.4 Å². The van der Waals surface area contributed by atoms with Crippen molar-refractivity contribution in [2.45, 2.75) is 19.4 Å². The largest absolute Gasteiger partial charge is 0.316 e. The molecule has 0 saturated carbocycles. The van der Waals surface area contributed by atoms with Crippen LogP contribution >= 0.6 is 28.3 Å². The number of nitrogens with one attached hydrogen (secondary N) is 1. The molecule has 3 unspecified atom stereocenters. The van der Waals surface area contributed by atoms with Crippen LogP contribution in [0.25, 0.3) is 0 Å². The summed E-state index contributed by atoms with van der Waals surface area (Å²) in [6.45, 7) is 7.29. The number of fused-ring (bicyclic) bond motifs is 1. The van der Waals surface area contributed by atoms with Gasteiger partial charge in [0.2, 0.25) is 0 Å². The predicted octanol–water partition coefficient (Wildman–Crippen LogP) is 3.47. The molecule has 3 atom stereocenters. The second-order valence-electron chi connectivity index (χ2n) is 5.69. The molecule has 0 spiro atoms. The number of rotatable bonds is 2. The zero-order valence-corrected chi connectivity index (χ0v) is 13.7. The van der Waals surface area contributed by atoms with Gasteiger partial charge in [-0.2, -0.15) is 0 Å². The Hall–Kier alpha value is -0.0900. The Morgan fingerprint density at radius 2 is 2.11 bits per heavy atom. The first-order chi connectivity index (χ1) is 8.74. The molecule has 106 valence electrons. The Kier molecular flexibility index (Phi) is 5.29. The van der Waals surface area contributed by atoms with E-state index in [1.807, 2.05) is 0 Å². The summed E-state index contributed by atoms with van der Waals surface area (Å²) in [6.07, 6.45) is 1.36. The molecule has 2 aliphatic rings. The fourth-order valence-electron chi connectivity index (χ4n) is 3.39. The van der Waals surface area contributed by atoms with Crippen LogP contribution in [-0.4, -0.2) is 31.1 Å². The van der Waals surface area contributed by atoms with Crippen molar-refractivity contribution in [3.63, 3.8) is 0 Å². The average molecular weight is 346 g/mol. The lowest BCUT2D eigenvalue weighted by molar-refractivity contribution is 0.111. The average Bonchev–Trinajstić information content (AvgIpc) is 2.85. The second-order valence-corrected chi connectivity index (χ2v) is 6.61. The Balaban J connectivity index is 0.00000133. The monoisotopic (exact) mass is 344 g/mol. The second kappa shape index (κ2) is 6.57. The number of nitrogens with zero attached hydrogens (tertiary/aromatic N) is 1. The van der Waals surface area contributed by atoms with Crippen LogP contribution in [-0.2, 0) is 0 Å². The minimum absolute atomic E-state index is 0. The molecule has 0 radical (unpaired) electrons.